The second-order valence-corrected chi connectivity index (χ2v) is 14.2. The van der Waals surface area contributed by atoms with Gasteiger partial charge < -0.3 is 15.5 Å². The minimum atomic E-state index is -0.133. The summed E-state index contributed by atoms with van der Waals surface area (Å²) in [6.45, 7) is 14.1. The summed E-state index contributed by atoms with van der Waals surface area (Å²) < 4.78 is 0. The standard InChI is InChI=1S/C43H54N4O2S/c1-34(2)12-10-13-35(3)14-11-15-36(4)26-33-50-41-19-9-8-18-40(41)43(49)45-38-23-20-37(21-24-38)22-25-42(48)44-27-28-46-29-31-47(32-30-46)39-16-6-5-7-17-39/h5-9,12,14,16-26H,10-11,13,15,27-33H2,1-4H3,(H,44,48)(H,45,49)/b25-22+,35-14+,36-26+. The molecule has 0 atom stereocenters. The molecule has 0 spiro atoms. The molecule has 50 heavy (non-hydrogen) atoms. The van der Waals surface area contributed by atoms with E-state index in [1.54, 1.807) is 23.9 Å². The molecule has 2 amide bonds. The third-order valence-corrected chi connectivity index (χ3v) is 9.74. The minimum Gasteiger partial charge on any atom is -0.369 e. The van der Waals surface area contributed by atoms with Gasteiger partial charge in [-0.2, -0.15) is 0 Å². The zero-order valence-electron chi connectivity index (χ0n) is 30.3. The van der Waals surface area contributed by atoms with Gasteiger partial charge >= 0.3 is 0 Å². The molecule has 0 unspecified atom stereocenters. The van der Waals surface area contributed by atoms with Crippen molar-refractivity contribution >= 4 is 41.0 Å². The van der Waals surface area contributed by atoms with Gasteiger partial charge in [0.25, 0.3) is 5.91 Å². The molecule has 0 saturated carbocycles. The highest BCUT2D eigenvalue weighted by Gasteiger charge is 2.16. The minimum absolute atomic E-state index is 0.109. The van der Waals surface area contributed by atoms with Gasteiger partial charge in [0.2, 0.25) is 5.91 Å². The number of carbonyl (C=O) groups excluding carboxylic acids is 2. The van der Waals surface area contributed by atoms with E-state index in [9.17, 15) is 9.59 Å². The van der Waals surface area contributed by atoms with Crippen molar-refractivity contribution in [2.24, 2.45) is 0 Å². The van der Waals surface area contributed by atoms with Crippen LogP contribution in [0.1, 0.15) is 69.3 Å². The quantitative estimate of drug-likeness (QED) is 0.0840. The van der Waals surface area contributed by atoms with Gasteiger partial charge in [-0.05, 0) is 101 Å². The van der Waals surface area contributed by atoms with Crippen LogP contribution in [0.2, 0.25) is 0 Å². The Hall–Kier alpha value is -4.33. The summed E-state index contributed by atoms with van der Waals surface area (Å²) in [5, 5.41) is 6.03. The number of allylic oxidation sites excluding steroid dienone is 5. The molecule has 6 nitrogen and oxygen atoms in total. The number of para-hydroxylation sites is 1. The Kier molecular flexibility index (Phi) is 16.2. The molecule has 1 heterocycles. The lowest BCUT2D eigenvalue weighted by Gasteiger charge is -2.36. The van der Waals surface area contributed by atoms with Crippen molar-refractivity contribution in [3.05, 3.63) is 131 Å². The third kappa shape index (κ3) is 13.9. The van der Waals surface area contributed by atoms with E-state index in [4.69, 9.17) is 0 Å². The Balaban J connectivity index is 1.16. The maximum atomic E-state index is 13.2. The zero-order valence-corrected chi connectivity index (χ0v) is 31.1. The predicted octanol–water partition coefficient (Wildman–Crippen LogP) is 9.40. The highest BCUT2D eigenvalue weighted by molar-refractivity contribution is 7.99. The topological polar surface area (TPSA) is 64.7 Å². The molecule has 1 aliphatic heterocycles. The number of rotatable bonds is 17. The molecular formula is C43H54N4O2S. The first-order chi connectivity index (χ1) is 24.3. The Bertz CT molecular complexity index is 1630. The van der Waals surface area contributed by atoms with Crippen molar-refractivity contribution in [3.63, 3.8) is 0 Å². The van der Waals surface area contributed by atoms with Crippen LogP contribution in [0, 0.1) is 0 Å². The Morgan fingerprint density at radius 1 is 0.760 bits per heavy atom. The molecule has 4 rings (SSSR count). The van der Waals surface area contributed by atoms with E-state index >= 15 is 0 Å². The van der Waals surface area contributed by atoms with Gasteiger partial charge in [0.1, 0.15) is 0 Å². The molecule has 1 saturated heterocycles. The number of carbonyl (C=O) groups is 2. The number of thioether (sulfide) groups is 1. The van der Waals surface area contributed by atoms with E-state index in [-0.39, 0.29) is 11.8 Å². The SMILES string of the molecule is CC(C)=CCC/C(C)=C/CC/C(C)=C/CSc1ccccc1C(=O)Nc1ccc(/C=C/C(=O)NCCN2CCN(c3ccccc3)CC2)cc1. The summed E-state index contributed by atoms with van der Waals surface area (Å²) in [6, 6.07) is 25.8. The van der Waals surface area contributed by atoms with Gasteiger partial charge in [0, 0.05) is 67.4 Å². The molecular weight excluding hydrogens is 637 g/mol. The average molecular weight is 691 g/mol. The van der Waals surface area contributed by atoms with Gasteiger partial charge in [0.15, 0.2) is 0 Å². The number of hydrogen-bond donors (Lipinski definition) is 2. The lowest BCUT2D eigenvalue weighted by molar-refractivity contribution is -0.116. The van der Waals surface area contributed by atoms with Crippen LogP contribution < -0.4 is 15.5 Å². The van der Waals surface area contributed by atoms with Crippen LogP contribution in [0.25, 0.3) is 6.08 Å². The van der Waals surface area contributed by atoms with Crippen LogP contribution in [0.4, 0.5) is 11.4 Å². The largest absolute Gasteiger partial charge is 0.369 e. The lowest BCUT2D eigenvalue weighted by Crippen LogP contribution is -2.48. The monoisotopic (exact) mass is 690 g/mol. The van der Waals surface area contributed by atoms with Crippen LogP contribution in [0.3, 0.4) is 0 Å². The van der Waals surface area contributed by atoms with Gasteiger partial charge in [-0.1, -0.05) is 77.4 Å². The third-order valence-electron chi connectivity index (χ3n) is 8.74. The summed E-state index contributed by atoms with van der Waals surface area (Å²) in [5.74, 6) is 0.577. The van der Waals surface area contributed by atoms with Gasteiger partial charge in [-0.3, -0.25) is 14.5 Å². The van der Waals surface area contributed by atoms with Crippen LogP contribution in [0.15, 0.2) is 125 Å². The van der Waals surface area contributed by atoms with Crippen LogP contribution >= 0.6 is 11.8 Å². The molecule has 1 fully saturated rings. The highest BCUT2D eigenvalue weighted by Crippen LogP contribution is 2.25. The predicted molar refractivity (Wildman–Crippen MR) is 214 cm³/mol. The normalized spacial score (nSPS) is 14.1. The maximum absolute atomic E-state index is 13.2. The molecule has 264 valence electrons. The second kappa shape index (κ2) is 21.0. The summed E-state index contributed by atoms with van der Waals surface area (Å²) in [5.41, 5.74) is 7.74. The molecule has 0 bridgehead atoms. The molecule has 1 aliphatic rings. The zero-order chi connectivity index (χ0) is 35.6. The number of nitrogens with zero attached hydrogens (tertiary/aromatic N) is 2. The van der Waals surface area contributed by atoms with Crippen molar-refractivity contribution in [1.82, 2.24) is 10.2 Å². The van der Waals surface area contributed by atoms with Crippen molar-refractivity contribution < 1.29 is 9.59 Å². The van der Waals surface area contributed by atoms with Crippen molar-refractivity contribution in [1.29, 1.82) is 0 Å². The summed E-state index contributed by atoms with van der Waals surface area (Å²) in [6.07, 6.45) is 14.6. The number of piperazine rings is 1. The van der Waals surface area contributed by atoms with Gasteiger partial charge in [0.05, 0.1) is 5.56 Å². The van der Waals surface area contributed by atoms with Crippen molar-refractivity contribution in [2.45, 2.75) is 58.3 Å². The number of nitrogens with one attached hydrogen (secondary N) is 2. The fourth-order valence-electron chi connectivity index (χ4n) is 5.71. The van der Waals surface area contributed by atoms with Crippen LogP contribution in [-0.2, 0) is 4.79 Å². The van der Waals surface area contributed by atoms with E-state index in [0.717, 1.165) is 74.6 Å². The van der Waals surface area contributed by atoms with Gasteiger partial charge in [-0.15, -0.1) is 11.8 Å². The number of amides is 2. The molecule has 3 aromatic carbocycles. The summed E-state index contributed by atoms with van der Waals surface area (Å²) >= 11 is 1.68. The average Bonchev–Trinajstić information content (AvgIpc) is 3.12. The first-order valence-electron chi connectivity index (χ1n) is 17.8. The smallest absolute Gasteiger partial charge is 0.256 e. The van der Waals surface area contributed by atoms with Crippen LogP contribution in [0.5, 0.6) is 0 Å². The molecule has 3 aromatic rings. The lowest BCUT2D eigenvalue weighted by atomic mass is 10.1. The number of benzene rings is 3. The van der Waals surface area contributed by atoms with Crippen molar-refractivity contribution in [3.8, 4) is 0 Å². The molecule has 7 heteroatoms. The van der Waals surface area contributed by atoms with E-state index < -0.39 is 0 Å². The summed E-state index contributed by atoms with van der Waals surface area (Å²) in [7, 11) is 0. The molecule has 0 aromatic heterocycles. The molecule has 2 N–H and O–H groups in total. The fourth-order valence-corrected chi connectivity index (χ4v) is 6.74. The Morgan fingerprint density at radius 2 is 1.42 bits per heavy atom. The molecule has 0 aliphatic carbocycles. The van der Waals surface area contributed by atoms with E-state index in [1.807, 2.05) is 54.6 Å². The second-order valence-electron chi connectivity index (χ2n) is 13.1. The number of hydrogen-bond acceptors (Lipinski definition) is 5. The summed E-state index contributed by atoms with van der Waals surface area (Å²) in [4.78, 5) is 31.4. The highest BCUT2D eigenvalue weighted by atomic mass is 32.2. The fraction of sp³-hybridized carbons (Fsp3) is 0.349. The Morgan fingerprint density at radius 3 is 2.14 bits per heavy atom. The maximum Gasteiger partial charge on any atom is 0.256 e. The molecule has 0 radical (unpaired) electrons. The van der Waals surface area contributed by atoms with Crippen LogP contribution in [-0.4, -0.2) is 61.7 Å². The first kappa shape index (κ1) is 38.5. The van der Waals surface area contributed by atoms with E-state index in [0.29, 0.717) is 17.8 Å². The van der Waals surface area contributed by atoms with Crippen molar-refractivity contribution in [2.75, 3.05) is 55.2 Å². The first-order valence-corrected chi connectivity index (χ1v) is 18.8. The van der Waals surface area contributed by atoms with E-state index in [2.05, 4.69) is 90.6 Å². The van der Waals surface area contributed by atoms with Gasteiger partial charge in [-0.25, -0.2) is 0 Å². The number of anilines is 2. The Labute approximate surface area is 304 Å². The van der Waals surface area contributed by atoms with E-state index in [1.165, 1.54) is 22.4 Å².